The number of aliphatic hydroxyl groups excluding tert-OH is 1. The number of aliphatic hydroxyl groups is 1. The Morgan fingerprint density at radius 3 is 1.89 bits per heavy atom. The predicted molar refractivity (Wildman–Crippen MR) is 152 cm³/mol. The summed E-state index contributed by atoms with van der Waals surface area (Å²) in [5.41, 5.74) is 6.30. The van der Waals surface area contributed by atoms with E-state index >= 15 is 0 Å². The van der Waals surface area contributed by atoms with Gasteiger partial charge in [0.1, 0.15) is 6.61 Å². The standard InChI is InChI=1S/C19H30N2O3.C10H22N2O2/c1-3-17(4-2)21-18(22)13-9-6-10-14-20-19(23)24-15-16-11-7-5-8-12-16;1-2-9(8-13)12-10(14)6-4-3-5-7-11/h5,7-8,11-12,17H,3-4,6,9-10,13-15H2,1-2H3,(H,20,23)(H,21,22);9,13H,2-8,11H2,1H3,(H,12,14). The Kier molecular flexibility index (Phi) is 23.0. The molecular formula is C29H52N4O5. The van der Waals surface area contributed by atoms with Crippen LogP contribution in [0.5, 0.6) is 0 Å². The number of ether oxygens (including phenoxy) is 1. The highest BCUT2D eigenvalue weighted by Crippen LogP contribution is 2.03. The molecular weight excluding hydrogens is 484 g/mol. The molecule has 0 aliphatic rings. The predicted octanol–water partition coefficient (Wildman–Crippen LogP) is 4.17. The number of amides is 3. The number of hydrogen-bond donors (Lipinski definition) is 5. The Morgan fingerprint density at radius 1 is 0.816 bits per heavy atom. The second-order valence-electron chi connectivity index (χ2n) is 9.33. The molecule has 38 heavy (non-hydrogen) atoms. The number of nitrogens with one attached hydrogen (secondary N) is 3. The molecule has 0 aromatic heterocycles. The monoisotopic (exact) mass is 536 g/mol. The van der Waals surface area contributed by atoms with Gasteiger partial charge in [-0.2, -0.15) is 0 Å². The maximum absolute atomic E-state index is 11.7. The van der Waals surface area contributed by atoms with Gasteiger partial charge in [-0.05, 0) is 57.1 Å². The lowest BCUT2D eigenvalue weighted by Gasteiger charge is -2.14. The summed E-state index contributed by atoms with van der Waals surface area (Å²) >= 11 is 0. The fourth-order valence-corrected chi connectivity index (χ4v) is 3.53. The minimum atomic E-state index is -0.398. The first-order valence-corrected chi connectivity index (χ1v) is 14.2. The summed E-state index contributed by atoms with van der Waals surface area (Å²) < 4.78 is 5.13. The number of benzene rings is 1. The Hall–Kier alpha value is -2.65. The van der Waals surface area contributed by atoms with E-state index in [2.05, 4.69) is 29.8 Å². The molecule has 1 unspecified atom stereocenters. The van der Waals surface area contributed by atoms with Gasteiger partial charge in [-0.1, -0.05) is 63.9 Å². The van der Waals surface area contributed by atoms with Crippen molar-refractivity contribution in [1.82, 2.24) is 16.0 Å². The zero-order valence-corrected chi connectivity index (χ0v) is 23.8. The minimum Gasteiger partial charge on any atom is -0.445 e. The number of nitrogens with two attached hydrogens (primary N) is 1. The molecule has 1 aromatic carbocycles. The zero-order valence-electron chi connectivity index (χ0n) is 23.8. The third-order valence-corrected chi connectivity index (χ3v) is 6.10. The van der Waals surface area contributed by atoms with Crippen LogP contribution in [0.15, 0.2) is 30.3 Å². The van der Waals surface area contributed by atoms with Gasteiger partial charge in [0.15, 0.2) is 0 Å². The van der Waals surface area contributed by atoms with Crippen LogP contribution in [0.1, 0.15) is 97.0 Å². The second-order valence-corrected chi connectivity index (χ2v) is 9.33. The highest BCUT2D eigenvalue weighted by atomic mass is 16.5. The average Bonchev–Trinajstić information content (AvgIpc) is 2.94. The number of carbonyl (C=O) groups is 3. The summed E-state index contributed by atoms with van der Waals surface area (Å²) in [4.78, 5) is 34.6. The Balaban J connectivity index is 0.000000835. The van der Waals surface area contributed by atoms with E-state index in [1.807, 2.05) is 37.3 Å². The van der Waals surface area contributed by atoms with E-state index in [0.717, 1.165) is 63.4 Å². The fourth-order valence-electron chi connectivity index (χ4n) is 3.53. The van der Waals surface area contributed by atoms with Crippen LogP contribution in [0.25, 0.3) is 0 Å². The lowest BCUT2D eigenvalue weighted by molar-refractivity contribution is -0.123. The van der Waals surface area contributed by atoms with Crippen LogP contribution in [-0.2, 0) is 20.9 Å². The van der Waals surface area contributed by atoms with E-state index in [1.54, 1.807) is 0 Å². The number of rotatable bonds is 19. The van der Waals surface area contributed by atoms with Gasteiger partial charge in [0.05, 0.1) is 12.6 Å². The van der Waals surface area contributed by atoms with Crippen LogP contribution in [0, 0.1) is 0 Å². The fraction of sp³-hybridized carbons (Fsp3) is 0.690. The van der Waals surface area contributed by atoms with Crippen molar-refractivity contribution in [3.05, 3.63) is 35.9 Å². The van der Waals surface area contributed by atoms with Crippen LogP contribution in [0.2, 0.25) is 0 Å². The van der Waals surface area contributed by atoms with Crippen LogP contribution in [-0.4, -0.2) is 54.8 Å². The molecule has 0 heterocycles. The van der Waals surface area contributed by atoms with Crippen LogP contribution in [0.4, 0.5) is 4.79 Å². The summed E-state index contributed by atoms with van der Waals surface area (Å²) in [6.45, 7) is 7.66. The average molecular weight is 537 g/mol. The molecule has 1 atom stereocenters. The minimum absolute atomic E-state index is 0.0189. The first-order valence-electron chi connectivity index (χ1n) is 14.2. The molecule has 0 bridgehead atoms. The van der Waals surface area contributed by atoms with Crippen molar-refractivity contribution in [3.8, 4) is 0 Å². The van der Waals surface area contributed by atoms with Gasteiger partial charge in [-0.25, -0.2) is 4.79 Å². The molecule has 3 amide bonds. The van der Waals surface area contributed by atoms with Crippen LogP contribution in [0.3, 0.4) is 0 Å². The Labute approximate surface area is 229 Å². The van der Waals surface area contributed by atoms with Crippen molar-refractivity contribution in [2.24, 2.45) is 5.73 Å². The third-order valence-electron chi connectivity index (χ3n) is 6.10. The maximum Gasteiger partial charge on any atom is 0.407 e. The van der Waals surface area contributed by atoms with Gasteiger partial charge < -0.3 is 31.5 Å². The van der Waals surface area contributed by atoms with Crippen molar-refractivity contribution in [2.45, 2.75) is 110 Å². The van der Waals surface area contributed by atoms with Crippen molar-refractivity contribution >= 4 is 17.9 Å². The Bertz CT molecular complexity index is 725. The summed E-state index contributed by atoms with van der Waals surface area (Å²) in [5, 5.41) is 17.4. The zero-order chi connectivity index (χ0) is 28.4. The van der Waals surface area contributed by atoms with Crippen LogP contribution >= 0.6 is 0 Å². The van der Waals surface area contributed by atoms with Gasteiger partial charge in [-0.3, -0.25) is 9.59 Å². The van der Waals surface area contributed by atoms with Crippen LogP contribution < -0.4 is 21.7 Å². The SMILES string of the molecule is CCC(CC)NC(=O)CCCCCNC(=O)OCc1ccccc1.CCC(CO)NC(=O)CCCCCN. The van der Waals surface area contributed by atoms with Gasteiger partial charge >= 0.3 is 6.09 Å². The highest BCUT2D eigenvalue weighted by Gasteiger charge is 2.09. The largest absolute Gasteiger partial charge is 0.445 e. The van der Waals surface area contributed by atoms with Crippen molar-refractivity contribution in [2.75, 3.05) is 19.7 Å². The Morgan fingerprint density at radius 2 is 1.37 bits per heavy atom. The van der Waals surface area contributed by atoms with Gasteiger partial charge in [0.25, 0.3) is 0 Å². The molecule has 0 saturated carbocycles. The molecule has 0 spiro atoms. The summed E-state index contributed by atoms with van der Waals surface area (Å²) in [6.07, 6.45) is 8.85. The van der Waals surface area contributed by atoms with E-state index in [1.165, 1.54) is 0 Å². The molecule has 0 fully saturated rings. The molecule has 0 aliphatic heterocycles. The topological polar surface area (TPSA) is 143 Å². The molecule has 1 aromatic rings. The molecule has 218 valence electrons. The molecule has 9 nitrogen and oxygen atoms in total. The lowest BCUT2D eigenvalue weighted by atomic mass is 10.1. The van der Waals surface area contributed by atoms with E-state index in [-0.39, 0.29) is 31.1 Å². The molecule has 0 saturated heterocycles. The summed E-state index contributed by atoms with van der Waals surface area (Å²) in [5.74, 6) is 0.154. The molecule has 0 radical (unpaired) electrons. The molecule has 6 N–H and O–H groups in total. The van der Waals surface area contributed by atoms with Crippen molar-refractivity contribution in [1.29, 1.82) is 0 Å². The number of unbranched alkanes of at least 4 members (excludes halogenated alkanes) is 4. The van der Waals surface area contributed by atoms with Crippen molar-refractivity contribution in [3.63, 3.8) is 0 Å². The number of alkyl carbamates (subject to hydrolysis) is 1. The van der Waals surface area contributed by atoms with Gasteiger partial charge in [0.2, 0.25) is 11.8 Å². The van der Waals surface area contributed by atoms with E-state index in [0.29, 0.717) is 32.0 Å². The van der Waals surface area contributed by atoms with E-state index in [4.69, 9.17) is 15.6 Å². The molecule has 1 rings (SSSR count). The summed E-state index contributed by atoms with van der Waals surface area (Å²) in [6, 6.07) is 9.79. The van der Waals surface area contributed by atoms with Gasteiger partial charge in [0, 0.05) is 25.4 Å². The van der Waals surface area contributed by atoms with Gasteiger partial charge in [-0.15, -0.1) is 0 Å². The van der Waals surface area contributed by atoms with Crippen molar-refractivity contribution < 1.29 is 24.2 Å². The van der Waals surface area contributed by atoms with E-state index in [9.17, 15) is 14.4 Å². The smallest absolute Gasteiger partial charge is 0.407 e. The number of hydrogen-bond acceptors (Lipinski definition) is 6. The second kappa shape index (κ2) is 24.7. The first-order chi connectivity index (χ1) is 18.4. The quantitative estimate of drug-likeness (QED) is 0.168. The summed E-state index contributed by atoms with van der Waals surface area (Å²) in [7, 11) is 0. The highest BCUT2D eigenvalue weighted by molar-refractivity contribution is 5.76. The molecule has 0 aliphatic carbocycles. The third kappa shape index (κ3) is 20.4. The molecule has 9 heteroatoms. The number of carbonyl (C=O) groups excluding carboxylic acids is 3. The maximum atomic E-state index is 11.7. The normalized spacial score (nSPS) is 11.2. The lowest BCUT2D eigenvalue weighted by Crippen LogP contribution is -2.36. The first kappa shape index (κ1) is 35.4. The van der Waals surface area contributed by atoms with E-state index < -0.39 is 6.09 Å².